The van der Waals surface area contributed by atoms with Crippen molar-refractivity contribution in [1.29, 1.82) is 0 Å². The van der Waals surface area contributed by atoms with E-state index in [1.807, 2.05) is 12.1 Å². The van der Waals surface area contributed by atoms with Gasteiger partial charge in [0.15, 0.2) is 0 Å². The number of ether oxygens (including phenoxy) is 3. The van der Waals surface area contributed by atoms with Crippen LogP contribution in [0.3, 0.4) is 0 Å². The number of amides is 2. The Balaban J connectivity index is 1.65. The number of carbonyl (C=O) groups is 2. The Morgan fingerprint density at radius 3 is 2.38 bits per heavy atom. The van der Waals surface area contributed by atoms with Crippen molar-refractivity contribution in [2.24, 2.45) is 0 Å². The van der Waals surface area contributed by atoms with Gasteiger partial charge in [-0.25, -0.2) is 14.6 Å². The van der Waals surface area contributed by atoms with E-state index in [0.717, 1.165) is 17.0 Å². The van der Waals surface area contributed by atoms with Gasteiger partial charge in [-0.1, -0.05) is 0 Å². The average molecular weight is 436 g/mol. The highest BCUT2D eigenvalue weighted by atomic mass is 16.5. The molecule has 1 atom stereocenters. The van der Waals surface area contributed by atoms with Crippen LogP contribution in [0.1, 0.15) is 33.4 Å². The SMILES string of the molecule is COC(=O)c1ccc(NC(=O)N2CCc3[nH]cnc3[C@H]2c2cc(OC)cc(OC)c2)cc1. The zero-order chi connectivity index (χ0) is 22.7. The monoisotopic (exact) mass is 436 g/mol. The molecule has 1 aliphatic heterocycles. The Kier molecular flexibility index (Phi) is 5.98. The number of benzene rings is 2. The van der Waals surface area contributed by atoms with Crippen LogP contribution in [0.2, 0.25) is 0 Å². The third-order valence-corrected chi connectivity index (χ3v) is 5.43. The first-order valence-electron chi connectivity index (χ1n) is 10.0. The maximum absolute atomic E-state index is 13.3. The van der Waals surface area contributed by atoms with Gasteiger partial charge < -0.3 is 29.4 Å². The van der Waals surface area contributed by atoms with E-state index in [1.54, 1.807) is 55.8 Å². The van der Waals surface area contributed by atoms with E-state index in [1.165, 1.54) is 7.11 Å². The second-order valence-electron chi connectivity index (χ2n) is 7.26. The topological polar surface area (TPSA) is 106 Å². The van der Waals surface area contributed by atoms with Gasteiger partial charge >= 0.3 is 12.0 Å². The average Bonchev–Trinajstić information content (AvgIpc) is 3.31. The van der Waals surface area contributed by atoms with Crippen LogP contribution in [0.4, 0.5) is 10.5 Å². The summed E-state index contributed by atoms with van der Waals surface area (Å²) in [6, 6.07) is 11.4. The number of hydrogen-bond acceptors (Lipinski definition) is 6. The third kappa shape index (κ3) is 4.09. The van der Waals surface area contributed by atoms with E-state index in [9.17, 15) is 9.59 Å². The van der Waals surface area contributed by atoms with Gasteiger partial charge in [0.1, 0.15) is 17.5 Å². The Hall–Kier alpha value is -4.01. The lowest BCUT2D eigenvalue weighted by Gasteiger charge is -2.35. The second-order valence-corrected chi connectivity index (χ2v) is 7.26. The number of nitrogens with one attached hydrogen (secondary N) is 2. The van der Waals surface area contributed by atoms with E-state index in [0.29, 0.717) is 35.7 Å². The molecule has 9 heteroatoms. The first-order chi connectivity index (χ1) is 15.5. The third-order valence-electron chi connectivity index (χ3n) is 5.43. The predicted octanol–water partition coefficient (Wildman–Crippen LogP) is 3.39. The molecule has 4 rings (SSSR count). The first-order valence-corrected chi connectivity index (χ1v) is 10.0. The minimum absolute atomic E-state index is 0.281. The maximum atomic E-state index is 13.3. The van der Waals surface area contributed by atoms with E-state index in [4.69, 9.17) is 14.2 Å². The van der Waals surface area contributed by atoms with Gasteiger partial charge in [-0.2, -0.15) is 0 Å². The Bertz CT molecular complexity index is 1100. The minimum atomic E-state index is -0.433. The lowest BCUT2D eigenvalue weighted by molar-refractivity contribution is 0.0600. The number of esters is 1. The molecule has 2 amide bonds. The number of imidazole rings is 1. The van der Waals surface area contributed by atoms with Gasteiger partial charge in [0.2, 0.25) is 0 Å². The molecule has 2 N–H and O–H groups in total. The molecule has 0 saturated heterocycles. The van der Waals surface area contributed by atoms with Crippen molar-refractivity contribution in [3.63, 3.8) is 0 Å². The fourth-order valence-corrected chi connectivity index (χ4v) is 3.82. The van der Waals surface area contributed by atoms with Crippen molar-refractivity contribution in [2.75, 3.05) is 33.2 Å². The summed E-state index contributed by atoms with van der Waals surface area (Å²) in [4.78, 5) is 34.3. The largest absolute Gasteiger partial charge is 0.497 e. The van der Waals surface area contributed by atoms with E-state index >= 15 is 0 Å². The number of urea groups is 1. The van der Waals surface area contributed by atoms with Crippen LogP contribution in [-0.4, -0.2) is 54.7 Å². The highest BCUT2D eigenvalue weighted by Gasteiger charge is 2.34. The molecular formula is C23H24N4O5. The Labute approximate surface area is 185 Å². The number of nitrogens with zero attached hydrogens (tertiary/aromatic N) is 2. The number of aromatic amines is 1. The van der Waals surface area contributed by atoms with Crippen molar-refractivity contribution >= 4 is 17.7 Å². The highest BCUT2D eigenvalue weighted by molar-refractivity contribution is 5.92. The molecule has 0 aliphatic carbocycles. The number of anilines is 1. The molecule has 9 nitrogen and oxygen atoms in total. The minimum Gasteiger partial charge on any atom is -0.497 e. The summed E-state index contributed by atoms with van der Waals surface area (Å²) in [5.41, 5.74) is 3.57. The van der Waals surface area contributed by atoms with Gasteiger partial charge in [-0.3, -0.25) is 0 Å². The first kappa shape index (κ1) is 21.2. The van der Waals surface area contributed by atoms with Crippen LogP contribution in [-0.2, 0) is 11.2 Å². The number of rotatable bonds is 5. The van der Waals surface area contributed by atoms with Gasteiger partial charge in [0.05, 0.1) is 38.9 Å². The molecule has 0 fully saturated rings. The number of hydrogen-bond donors (Lipinski definition) is 2. The summed E-state index contributed by atoms with van der Waals surface area (Å²) < 4.78 is 15.6. The van der Waals surface area contributed by atoms with E-state index < -0.39 is 12.0 Å². The molecular weight excluding hydrogens is 412 g/mol. The van der Waals surface area contributed by atoms with Crippen LogP contribution < -0.4 is 14.8 Å². The standard InChI is InChI=1S/C23H24N4O5/c1-30-17-10-15(11-18(12-17)31-2)21-20-19(24-13-25-20)8-9-27(21)23(29)26-16-6-4-14(5-7-16)22(28)32-3/h4-7,10-13,21H,8-9H2,1-3H3,(H,24,25)(H,26,29)/t21-/m1/s1. The molecule has 0 saturated carbocycles. The molecule has 0 spiro atoms. The fraction of sp³-hybridized carbons (Fsp3) is 0.261. The summed E-state index contributed by atoms with van der Waals surface area (Å²) in [7, 11) is 4.50. The number of fused-ring (bicyclic) bond motifs is 1. The molecule has 1 aliphatic rings. The van der Waals surface area contributed by atoms with Crippen molar-refractivity contribution in [3.05, 3.63) is 71.3 Å². The van der Waals surface area contributed by atoms with Gasteiger partial charge in [-0.05, 0) is 42.0 Å². The van der Waals surface area contributed by atoms with E-state index in [2.05, 4.69) is 15.3 Å². The molecule has 166 valence electrons. The molecule has 2 heterocycles. The molecule has 0 radical (unpaired) electrons. The number of methoxy groups -OCH3 is 3. The van der Waals surface area contributed by atoms with Crippen molar-refractivity contribution in [3.8, 4) is 11.5 Å². The second kappa shape index (κ2) is 9.01. The summed E-state index contributed by atoms with van der Waals surface area (Å²) in [5.74, 6) is 0.818. The quantitative estimate of drug-likeness (QED) is 0.594. The number of aromatic nitrogens is 2. The Morgan fingerprint density at radius 1 is 1.06 bits per heavy atom. The van der Waals surface area contributed by atoms with Crippen LogP contribution in [0.15, 0.2) is 48.8 Å². The summed E-state index contributed by atoms with van der Waals surface area (Å²) >= 11 is 0. The van der Waals surface area contributed by atoms with Crippen molar-refractivity contribution in [1.82, 2.24) is 14.9 Å². The highest BCUT2D eigenvalue weighted by Crippen LogP contribution is 2.37. The summed E-state index contributed by atoms with van der Waals surface area (Å²) in [6.07, 6.45) is 2.30. The van der Waals surface area contributed by atoms with Crippen LogP contribution in [0, 0.1) is 0 Å². The summed E-state index contributed by atoms with van der Waals surface area (Å²) in [6.45, 7) is 0.492. The van der Waals surface area contributed by atoms with E-state index in [-0.39, 0.29) is 6.03 Å². The predicted molar refractivity (Wildman–Crippen MR) is 117 cm³/mol. The van der Waals surface area contributed by atoms with Crippen LogP contribution in [0.5, 0.6) is 11.5 Å². The molecule has 3 aromatic rings. The molecule has 0 bridgehead atoms. The molecule has 2 aromatic carbocycles. The normalized spacial score (nSPS) is 15.0. The zero-order valence-corrected chi connectivity index (χ0v) is 18.0. The summed E-state index contributed by atoms with van der Waals surface area (Å²) in [5, 5.41) is 2.91. The van der Waals surface area contributed by atoms with Gasteiger partial charge in [-0.15, -0.1) is 0 Å². The lowest BCUT2D eigenvalue weighted by atomic mass is 9.95. The van der Waals surface area contributed by atoms with Crippen molar-refractivity contribution < 1.29 is 23.8 Å². The maximum Gasteiger partial charge on any atom is 0.337 e. The molecule has 0 unspecified atom stereocenters. The zero-order valence-electron chi connectivity index (χ0n) is 18.0. The molecule has 32 heavy (non-hydrogen) atoms. The smallest absolute Gasteiger partial charge is 0.337 e. The fourth-order valence-electron chi connectivity index (χ4n) is 3.82. The lowest BCUT2D eigenvalue weighted by Crippen LogP contribution is -2.43. The van der Waals surface area contributed by atoms with Gasteiger partial charge in [0.25, 0.3) is 0 Å². The van der Waals surface area contributed by atoms with Crippen LogP contribution >= 0.6 is 0 Å². The Morgan fingerprint density at radius 2 is 1.75 bits per heavy atom. The number of carbonyl (C=O) groups excluding carboxylic acids is 2. The number of H-pyrrole nitrogens is 1. The van der Waals surface area contributed by atoms with Crippen LogP contribution in [0.25, 0.3) is 0 Å². The molecule has 1 aromatic heterocycles. The van der Waals surface area contributed by atoms with Gasteiger partial charge in [0, 0.05) is 30.4 Å². The van der Waals surface area contributed by atoms with Crippen molar-refractivity contribution in [2.45, 2.75) is 12.5 Å².